The number of pyridine rings is 1. The van der Waals surface area contributed by atoms with Crippen LogP contribution in [0.15, 0.2) is 18.3 Å². The third-order valence-corrected chi connectivity index (χ3v) is 3.45. The van der Waals surface area contributed by atoms with E-state index in [1.165, 1.54) is 5.56 Å². The van der Waals surface area contributed by atoms with Crippen molar-refractivity contribution in [1.82, 2.24) is 9.88 Å². The largest absolute Gasteiger partial charge is 0.384 e. The van der Waals surface area contributed by atoms with E-state index in [4.69, 9.17) is 11.5 Å². The van der Waals surface area contributed by atoms with E-state index in [-0.39, 0.29) is 5.91 Å². The van der Waals surface area contributed by atoms with Gasteiger partial charge >= 0.3 is 0 Å². The number of likely N-dealkylation sites (tertiary alicyclic amines) is 1. The molecule has 0 spiro atoms. The Morgan fingerprint density at radius 1 is 1.44 bits per heavy atom. The first-order chi connectivity index (χ1) is 8.63. The minimum absolute atomic E-state index is 0.185. The smallest absolute Gasteiger partial charge is 0.217 e. The Morgan fingerprint density at radius 3 is 2.78 bits per heavy atom. The molecule has 1 saturated heterocycles. The van der Waals surface area contributed by atoms with Crippen molar-refractivity contribution in [2.45, 2.75) is 25.8 Å². The summed E-state index contributed by atoms with van der Waals surface area (Å²) in [5, 5.41) is 0. The molecule has 0 radical (unpaired) electrons. The Morgan fingerprint density at radius 2 is 2.17 bits per heavy atom. The van der Waals surface area contributed by atoms with Gasteiger partial charge in [-0.25, -0.2) is 4.98 Å². The van der Waals surface area contributed by atoms with Gasteiger partial charge in [0.15, 0.2) is 0 Å². The molecule has 1 aliphatic rings. The van der Waals surface area contributed by atoms with Crippen LogP contribution in [-0.2, 0) is 11.3 Å². The van der Waals surface area contributed by atoms with Gasteiger partial charge in [0, 0.05) is 19.2 Å². The molecular formula is C13H20N4O. The molecule has 98 valence electrons. The summed E-state index contributed by atoms with van der Waals surface area (Å²) < 4.78 is 0. The van der Waals surface area contributed by atoms with Crippen LogP contribution in [0.2, 0.25) is 0 Å². The molecule has 0 aliphatic carbocycles. The molecule has 2 heterocycles. The minimum atomic E-state index is -0.185. The van der Waals surface area contributed by atoms with E-state index in [0.29, 0.717) is 18.2 Å². The Balaban J connectivity index is 1.81. The van der Waals surface area contributed by atoms with E-state index in [0.717, 1.165) is 32.5 Å². The summed E-state index contributed by atoms with van der Waals surface area (Å²) >= 11 is 0. The lowest BCUT2D eigenvalue weighted by Gasteiger charge is -2.31. The molecule has 0 atom stereocenters. The molecule has 18 heavy (non-hydrogen) atoms. The minimum Gasteiger partial charge on any atom is -0.384 e. The van der Waals surface area contributed by atoms with Crippen LogP contribution in [0.1, 0.15) is 24.8 Å². The van der Waals surface area contributed by atoms with E-state index in [2.05, 4.69) is 9.88 Å². The van der Waals surface area contributed by atoms with Gasteiger partial charge in [-0.3, -0.25) is 9.69 Å². The van der Waals surface area contributed by atoms with Crippen LogP contribution in [0.25, 0.3) is 0 Å². The van der Waals surface area contributed by atoms with E-state index >= 15 is 0 Å². The number of nitrogens with two attached hydrogens (primary N) is 2. The number of aromatic nitrogens is 1. The van der Waals surface area contributed by atoms with Crippen LogP contribution < -0.4 is 11.5 Å². The van der Waals surface area contributed by atoms with Crippen molar-refractivity contribution in [3.8, 4) is 0 Å². The lowest BCUT2D eigenvalue weighted by atomic mass is 9.93. The zero-order chi connectivity index (χ0) is 13.0. The van der Waals surface area contributed by atoms with Gasteiger partial charge in [-0.05, 0) is 49.5 Å². The maximum atomic E-state index is 10.9. The highest BCUT2D eigenvalue weighted by Crippen LogP contribution is 2.21. The normalized spacial score (nSPS) is 17.8. The number of rotatable bonds is 4. The van der Waals surface area contributed by atoms with Gasteiger partial charge < -0.3 is 11.5 Å². The number of hydrogen-bond donors (Lipinski definition) is 2. The van der Waals surface area contributed by atoms with Gasteiger partial charge in [0.05, 0.1) is 0 Å². The SMILES string of the molecule is NC(=O)CC1CCN(Cc2ccnc(N)c2)CC1. The molecule has 5 heteroatoms. The van der Waals surface area contributed by atoms with Crippen molar-refractivity contribution in [3.05, 3.63) is 23.9 Å². The van der Waals surface area contributed by atoms with Crippen molar-refractivity contribution < 1.29 is 4.79 Å². The van der Waals surface area contributed by atoms with Crippen LogP contribution in [0.4, 0.5) is 5.82 Å². The first-order valence-electron chi connectivity index (χ1n) is 6.34. The number of nitrogen functional groups attached to an aromatic ring is 1. The van der Waals surface area contributed by atoms with Crippen LogP contribution in [0.3, 0.4) is 0 Å². The molecule has 1 amide bonds. The third kappa shape index (κ3) is 3.70. The number of anilines is 1. The fraction of sp³-hybridized carbons (Fsp3) is 0.538. The lowest BCUT2D eigenvalue weighted by Crippen LogP contribution is -2.34. The van der Waals surface area contributed by atoms with Crippen LogP contribution in [0, 0.1) is 5.92 Å². The fourth-order valence-electron chi connectivity index (χ4n) is 2.48. The number of piperidine rings is 1. The van der Waals surface area contributed by atoms with E-state index < -0.39 is 0 Å². The Labute approximate surface area is 107 Å². The molecule has 1 aromatic heterocycles. The van der Waals surface area contributed by atoms with Crippen LogP contribution >= 0.6 is 0 Å². The number of carbonyl (C=O) groups is 1. The molecule has 1 fully saturated rings. The maximum absolute atomic E-state index is 10.9. The molecule has 0 saturated carbocycles. The number of nitrogens with zero attached hydrogens (tertiary/aromatic N) is 2. The van der Waals surface area contributed by atoms with Crippen molar-refractivity contribution in [2.75, 3.05) is 18.8 Å². The van der Waals surface area contributed by atoms with Gasteiger partial charge in [0.2, 0.25) is 5.91 Å². The van der Waals surface area contributed by atoms with E-state index in [1.807, 2.05) is 12.1 Å². The molecule has 2 rings (SSSR count). The Kier molecular flexibility index (Phi) is 4.15. The van der Waals surface area contributed by atoms with Gasteiger partial charge in [0.25, 0.3) is 0 Å². The maximum Gasteiger partial charge on any atom is 0.217 e. The second-order valence-electron chi connectivity index (χ2n) is 4.98. The molecular weight excluding hydrogens is 228 g/mol. The number of hydrogen-bond acceptors (Lipinski definition) is 4. The van der Waals surface area contributed by atoms with Crippen LogP contribution in [-0.4, -0.2) is 28.9 Å². The monoisotopic (exact) mass is 248 g/mol. The average Bonchev–Trinajstić information content (AvgIpc) is 2.31. The molecule has 0 bridgehead atoms. The number of carbonyl (C=O) groups excluding carboxylic acids is 1. The third-order valence-electron chi connectivity index (χ3n) is 3.45. The summed E-state index contributed by atoms with van der Waals surface area (Å²) in [7, 11) is 0. The highest BCUT2D eigenvalue weighted by molar-refractivity contribution is 5.73. The van der Waals surface area contributed by atoms with Crippen molar-refractivity contribution in [2.24, 2.45) is 11.7 Å². The highest BCUT2D eigenvalue weighted by atomic mass is 16.1. The predicted octanol–water partition coefficient (Wildman–Crippen LogP) is 0.751. The van der Waals surface area contributed by atoms with Crippen molar-refractivity contribution in [3.63, 3.8) is 0 Å². The average molecular weight is 248 g/mol. The highest BCUT2D eigenvalue weighted by Gasteiger charge is 2.20. The molecule has 1 aromatic rings. The van der Waals surface area contributed by atoms with E-state index in [9.17, 15) is 4.79 Å². The topological polar surface area (TPSA) is 85.2 Å². The lowest BCUT2D eigenvalue weighted by molar-refractivity contribution is -0.119. The second kappa shape index (κ2) is 5.82. The summed E-state index contributed by atoms with van der Waals surface area (Å²) in [6.45, 7) is 2.93. The quantitative estimate of drug-likeness (QED) is 0.823. The summed E-state index contributed by atoms with van der Waals surface area (Å²) in [5.41, 5.74) is 12.1. The Hall–Kier alpha value is -1.62. The molecule has 0 unspecified atom stereocenters. The summed E-state index contributed by atoms with van der Waals surface area (Å²) in [5.74, 6) is 0.840. The van der Waals surface area contributed by atoms with Gasteiger partial charge in [0.1, 0.15) is 5.82 Å². The zero-order valence-corrected chi connectivity index (χ0v) is 10.5. The molecule has 1 aliphatic heterocycles. The van der Waals surface area contributed by atoms with Gasteiger partial charge in [-0.1, -0.05) is 0 Å². The first kappa shape index (κ1) is 12.8. The Bertz CT molecular complexity index is 413. The standard InChI is InChI=1S/C13H20N4O/c14-12-7-11(1-4-16-12)9-17-5-2-10(3-6-17)8-13(15)18/h1,4,7,10H,2-3,5-6,8-9H2,(H2,14,16)(H2,15,18). The summed E-state index contributed by atoms with van der Waals surface area (Å²) in [6.07, 6.45) is 4.35. The number of amides is 1. The fourth-order valence-corrected chi connectivity index (χ4v) is 2.48. The van der Waals surface area contributed by atoms with Crippen molar-refractivity contribution >= 4 is 11.7 Å². The van der Waals surface area contributed by atoms with Gasteiger partial charge in [-0.15, -0.1) is 0 Å². The summed E-state index contributed by atoms with van der Waals surface area (Å²) in [6, 6.07) is 3.90. The zero-order valence-electron chi connectivity index (χ0n) is 10.5. The predicted molar refractivity (Wildman–Crippen MR) is 70.5 cm³/mol. The first-order valence-corrected chi connectivity index (χ1v) is 6.34. The van der Waals surface area contributed by atoms with E-state index in [1.54, 1.807) is 6.20 Å². The summed E-state index contributed by atoms with van der Waals surface area (Å²) in [4.78, 5) is 17.2. The van der Waals surface area contributed by atoms with Crippen molar-refractivity contribution in [1.29, 1.82) is 0 Å². The molecule has 5 nitrogen and oxygen atoms in total. The molecule has 4 N–H and O–H groups in total. The van der Waals surface area contributed by atoms with Gasteiger partial charge in [-0.2, -0.15) is 0 Å². The molecule has 0 aromatic carbocycles. The second-order valence-corrected chi connectivity index (χ2v) is 4.98. The van der Waals surface area contributed by atoms with Crippen LogP contribution in [0.5, 0.6) is 0 Å². The number of primary amides is 1.